The number of rotatable bonds is 10. The van der Waals surface area contributed by atoms with Crippen LogP contribution in [0.15, 0.2) is 76.0 Å². The first-order valence-electron chi connectivity index (χ1n) is 10.0. The van der Waals surface area contributed by atoms with Crippen LogP contribution < -0.4 is 26.0 Å². The molecule has 1 aromatic carbocycles. The monoisotopic (exact) mass is 433 g/mol. The lowest BCUT2D eigenvalue weighted by molar-refractivity contribution is 0.742. The zero-order valence-corrected chi connectivity index (χ0v) is 18.0. The summed E-state index contributed by atoms with van der Waals surface area (Å²) in [5, 5.41) is 5.24. The molecule has 0 aliphatic carbocycles. The van der Waals surface area contributed by atoms with Gasteiger partial charge in [-0.3, -0.25) is 14.6 Å². The highest BCUT2D eigenvalue weighted by molar-refractivity contribution is 7.09. The maximum Gasteiger partial charge on any atom is 0.253 e. The Kier molecular flexibility index (Phi) is 6.37. The molecule has 0 radical (unpaired) electrons. The van der Waals surface area contributed by atoms with E-state index >= 15 is 0 Å². The quantitative estimate of drug-likeness (QED) is 0.303. The summed E-state index contributed by atoms with van der Waals surface area (Å²) in [4.78, 5) is 38.1. The Hall–Kier alpha value is -3.52. The highest BCUT2D eigenvalue weighted by Crippen LogP contribution is 2.26. The molecule has 0 aliphatic heterocycles. The lowest BCUT2D eigenvalue weighted by Gasteiger charge is -2.25. The molecular formula is C23H23N5O2S. The molecule has 4 rings (SSSR count). The van der Waals surface area contributed by atoms with Gasteiger partial charge in [0.25, 0.3) is 10.9 Å². The predicted molar refractivity (Wildman–Crippen MR) is 126 cm³/mol. The summed E-state index contributed by atoms with van der Waals surface area (Å²) < 4.78 is 0. The number of aromatic nitrogens is 2. The van der Waals surface area contributed by atoms with E-state index in [1.54, 1.807) is 47.9 Å². The van der Waals surface area contributed by atoms with E-state index in [0.29, 0.717) is 17.9 Å². The Morgan fingerprint density at radius 1 is 1.03 bits per heavy atom. The van der Waals surface area contributed by atoms with Gasteiger partial charge < -0.3 is 15.1 Å². The molecule has 158 valence electrons. The van der Waals surface area contributed by atoms with Crippen molar-refractivity contribution in [3.8, 4) is 0 Å². The molecule has 4 aromatic rings. The second-order valence-electron chi connectivity index (χ2n) is 7.12. The van der Waals surface area contributed by atoms with E-state index in [-0.39, 0.29) is 0 Å². The topological polar surface area (TPSA) is 78.4 Å². The first-order chi connectivity index (χ1) is 15.1. The van der Waals surface area contributed by atoms with Crippen molar-refractivity contribution >= 4 is 34.2 Å². The first kappa shape index (κ1) is 20.7. The van der Waals surface area contributed by atoms with Gasteiger partial charge in [-0.05, 0) is 42.1 Å². The van der Waals surface area contributed by atoms with E-state index in [9.17, 15) is 9.59 Å². The average Bonchev–Trinajstić information content (AvgIpc) is 3.33. The highest BCUT2D eigenvalue weighted by Gasteiger charge is 2.24. The second kappa shape index (κ2) is 9.53. The van der Waals surface area contributed by atoms with Gasteiger partial charge in [-0.1, -0.05) is 12.1 Å². The molecule has 8 heteroatoms. The van der Waals surface area contributed by atoms with Crippen LogP contribution >= 0.6 is 11.3 Å². The van der Waals surface area contributed by atoms with Gasteiger partial charge in [0.05, 0.1) is 18.4 Å². The number of nitrogens with zero attached hydrogens (tertiary/aromatic N) is 4. The molecule has 3 heterocycles. The van der Waals surface area contributed by atoms with Gasteiger partial charge in [0, 0.05) is 37.4 Å². The summed E-state index contributed by atoms with van der Waals surface area (Å²) in [5.74, 6) is 0.919. The first-order valence-corrected chi connectivity index (χ1v) is 10.9. The summed E-state index contributed by atoms with van der Waals surface area (Å²) in [6, 6.07) is 13.7. The fourth-order valence-electron chi connectivity index (χ4n) is 3.43. The average molecular weight is 434 g/mol. The summed E-state index contributed by atoms with van der Waals surface area (Å²) in [6.07, 6.45) is 5.91. The zero-order chi connectivity index (χ0) is 21.6. The van der Waals surface area contributed by atoms with Crippen molar-refractivity contribution in [3.05, 3.63) is 91.8 Å². The van der Waals surface area contributed by atoms with Gasteiger partial charge >= 0.3 is 0 Å². The Morgan fingerprint density at radius 2 is 1.94 bits per heavy atom. The lowest BCUT2D eigenvalue weighted by atomic mass is 10.1. The van der Waals surface area contributed by atoms with Crippen LogP contribution in [0.1, 0.15) is 11.3 Å². The third-order valence-corrected chi connectivity index (χ3v) is 5.92. The molecule has 0 atom stereocenters. The van der Waals surface area contributed by atoms with Gasteiger partial charge in [-0.25, -0.2) is 4.98 Å². The number of nitrogens with one attached hydrogen (secondary N) is 1. The number of pyridine rings is 2. The fourth-order valence-corrected chi connectivity index (χ4v) is 4.15. The molecule has 0 fully saturated rings. The summed E-state index contributed by atoms with van der Waals surface area (Å²) in [7, 11) is 1.77. The third-order valence-electron chi connectivity index (χ3n) is 5.06. The molecule has 3 aromatic heterocycles. The third kappa shape index (κ3) is 4.64. The predicted octanol–water partition coefficient (Wildman–Crippen LogP) is 3.41. The standard InChI is InChI=1S/C23H23N5O2S/c1-27(17-7-4-10-24-15-17)21-20(22(29)23(21)30)26-12-6-13-28(16-18-8-5-14-31-18)19-9-2-3-11-25-19/h2-5,7-11,14-15,26H,6,12-13,16H2,1H3. The molecule has 1 N–H and O–H groups in total. The molecule has 7 nitrogen and oxygen atoms in total. The maximum absolute atomic E-state index is 12.2. The van der Waals surface area contributed by atoms with Crippen molar-refractivity contribution in [2.75, 3.05) is 35.3 Å². The molecule has 0 amide bonds. The molecule has 31 heavy (non-hydrogen) atoms. The number of thiophene rings is 1. The van der Waals surface area contributed by atoms with E-state index in [4.69, 9.17) is 0 Å². The van der Waals surface area contributed by atoms with Crippen LogP contribution in [0.3, 0.4) is 0 Å². The van der Waals surface area contributed by atoms with Gasteiger partial charge in [0.2, 0.25) is 0 Å². The Morgan fingerprint density at radius 3 is 2.65 bits per heavy atom. The summed E-state index contributed by atoms with van der Waals surface area (Å²) in [6.45, 7) is 2.13. The van der Waals surface area contributed by atoms with Crippen LogP contribution in [-0.2, 0) is 6.54 Å². The highest BCUT2D eigenvalue weighted by atomic mass is 32.1. The van der Waals surface area contributed by atoms with Crippen LogP contribution in [0.4, 0.5) is 22.9 Å². The van der Waals surface area contributed by atoms with E-state index in [0.717, 1.165) is 31.0 Å². The van der Waals surface area contributed by atoms with E-state index in [2.05, 4.69) is 31.6 Å². The zero-order valence-electron chi connectivity index (χ0n) is 17.2. The largest absolute Gasteiger partial charge is 0.380 e. The van der Waals surface area contributed by atoms with Crippen LogP contribution in [0.2, 0.25) is 0 Å². The normalized spacial score (nSPS) is 10.9. The van der Waals surface area contributed by atoms with Crippen LogP contribution in [0.5, 0.6) is 0 Å². The Labute approximate surface area is 184 Å². The minimum absolute atomic E-state index is 0.374. The second-order valence-corrected chi connectivity index (χ2v) is 8.15. The van der Waals surface area contributed by atoms with Gasteiger partial charge in [0.15, 0.2) is 0 Å². The van der Waals surface area contributed by atoms with E-state index in [1.807, 2.05) is 30.3 Å². The van der Waals surface area contributed by atoms with Gasteiger partial charge in [-0.2, -0.15) is 0 Å². The van der Waals surface area contributed by atoms with Crippen molar-refractivity contribution in [2.45, 2.75) is 13.0 Å². The smallest absolute Gasteiger partial charge is 0.253 e. The summed E-state index contributed by atoms with van der Waals surface area (Å²) >= 11 is 1.72. The Bertz CT molecular complexity index is 1170. The van der Waals surface area contributed by atoms with Gasteiger partial charge in [0.1, 0.15) is 17.2 Å². The number of anilines is 4. The molecule has 0 bridgehead atoms. The SMILES string of the molecule is CN(c1cccnc1)c1c(NCCCN(Cc2cccs2)c2ccccn2)c(=O)c1=O. The van der Waals surface area contributed by atoms with E-state index in [1.165, 1.54) is 4.88 Å². The van der Waals surface area contributed by atoms with Crippen LogP contribution in [0, 0.1) is 0 Å². The van der Waals surface area contributed by atoms with Crippen molar-refractivity contribution < 1.29 is 0 Å². The number of hydrogen-bond donors (Lipinski definition) is 1. The Balaban J connectivity index is 1.39. The molecular weight excluding hydrogens is 410 g/mol. The van der Waals surface area contributed by atoms with Crippen molar-refractivity contribution in [1.29, 1.82) is 0 Å². The maximum atomic E-state index is 12.2. The minimum atomic E-state index is -0.471. The lowest BCUT2D eigenvalue weighted by Crippen LogP contribution is -2.40. The molecule has 0 spiro atoms. The minimum Gasteiger partial charge on any atom is -0.380 e. The summed E-state index contributed by atoms with van der Waals surface area (Å²) in [5.41, 5.74) is 0.583. The fraction of sp³-hybridized carbons (Fsp3) is 0.217. The van der Waals surface area contributed by atoms with Crippen molar-refractivity contribution in [2.24, 2.45) is 0 Å². The van der Waals surface area contributed by atoms with Crippen molar-refractivity contribution in [1.82, 2.24) is 9.97 Å². The molecule has 0 aliphatic rings. The van der Waals surface area contributed by atoms with E-state index < -0.39 is 10.9 Å². The van der Waals surface area contributed by atoms with Crippen molar-refractivity contribution in [3.63, 3.8) is 0 Å². The van der Waals surface area contributed by atoms with Crippen LogP contribution in [0.25, 0.3) is 0 Å². The number of hydrogen-bond acceptors (Lipinski definition) is 8. The molecule has 0 saturated heterocycles. The van der Waals surface area contributed by atoms with Crippen LogP contribution in [-0.4, -0.2) is 30.1 Å². The molecule has 0 saturated carbocycles. The van der Waals surface area contributed by atoms with Gasteiger partial charge in [-0.15, -0.1) is 11.3 Å². The molecule has 0 unspecified atom stereocenters.